The fourth-order valence-corrected chi connectivity index (χ4v) is 5.26. The van der Waals surface area contributed by atoms with Crippen molar-refractivity contribution in [1.82, 2.24) is 4.90 Å². The number of non-ortho nitro benzene ring substituents is 1. The molecule has 4 aromatic rings. The van der Waals surface area contributed by atoms with Crippen LogP contribution in [-0.2, 0) is 16.1 Å². The van der Waals surface area contributed by atoms with Crippen LogP contribution >= 0.6 is 11.8 Å². The van der Waals surface area contributed by atoms with Crippen molar-refractivity contribution in [3.63, 3.8) is 0 Å². The van der Waals surface area contributed by atoms with Crippen molar-refractivity contribution in [1.29, 1.82) is 0 Å². The molecule has 3 amide bonds. The Morgan fingerprint density at radius 3 is 2.33 bits per heavy atom. The van der Waals surface area contributed by atoms with Crippen LogP contribution < -0.4 is 10.6 Å². The molecule has 0 saturated heterocycles. The van der Waals surface area contributed by atoms with E-state index < -0.39 is 22.6 Å². The lowest BCUT2D eigenvalue weighted by Crippen LogP contribution is -2.31. The number of nitrogens with zero attached hydrogens (tertiary/aromatic N) is 2. The zero-order chi connectivity index (χ0) is 29.8. The van der Waals surface area contributed by atoms with Crippen LogP contribution in [0.3, 0.4) is 0 Å². The summed E-state index contributed by atoms with van der Waals surface area (Å²) >= 11 is 1.11. The Hall–Kier alpha value is -5.16. The second-order valence-electron chi connectivity index (χ2n) is 9.77. The number of nitro groups is 1. The van der Waals surface area contributed by atoms with Crippen LogP contribution in [0.5, 0.6) is 0 Å². The van der Waals surface area contributed by atoms with E-state index in [1.165, 1.54) is 30.5 Å². The molecule has 0 radical (unpaired) electrons. The molecule has 3 aromatic carbocycles. The summed E-state index contributed by atoms with van der Waals surface area (Å²) in [6, 6.07) is 23.2. The summed E-state index contributed by atoms with van der Waals surface area (Å²) in [6.07, 6.45) is 1.48. The monoisotopic (exact) mass is 582 g/mol. The quantitative estimate of drug-likeness (QED) is 0.122. The molecular weight excluding hydrogens is 556 g/mol. The zero-order valence-electron chi connectivity index (χ0n) is 22.7. The maximum atomic E-state index is 13.5. The minimum absolute atomic E-state index is 0.0163. The molecule has 212 valence electrons. The first-order valence-corrected chi connectivity index (χ1v) is 13.8. The number of benzene rings is 3. The number of thioether (sulfide) groups is 1. The number of furan rings is 1. The number of imide groups is 1. The molecule has 0 fully saturated rings. The average molecular weight is 583 g/mol. The van der Waals surface area contributed by atoms with Crippen molar-refractivity contribution in [2.45, 2.75) is 31.2 Å². The molecule has 1 aromatic heterocycles. The summed E-state index contributed by atoms with van der Waals surface area (Å²) in [5, 5.41) is 16.8. The lowest BCUT2D eigenvalue weighted by atomic mass is 10.0. The van der Waals surface area contributed by atoms with Crippen LogP contribution in [0.15, 0.2) is 111 Å². The molecule has 42 heavy (non-hydrogen) atoms. The Balaban J connectivity index is 1.39. The van der Waals surface area contributed by atoms with Crippen molar-refractivity contribution < 1.29 is 23.7 Å². The summed E-state index contributed by atoms with van der Waals surface area (Å²) in [6.45, 7) is 4.17. The molecule has 0 spiro atoms. The number of hydrogen-bond donors (Lipinski definition) is 2. The zero-order valence-corrected chi connectivity index (χ0v) is 23.5. The van der Waals surface area contributed by atoms with Gasteiger partial charge in [0.25, 0.3) is 23.4 Å². The van der Waals surface area contributed by atoms with Gasteiger partial charge >= 0.3 is 0 Å². The van der Waals surface area contributed by atoms with E-state index in [9.17, 15) is 24.5 Å². The van der Waals surface area contributed by atoms with E-state index in [1.54, 1.807) is 36.4 Å². The second-order valence-corrected chi connectivity index (χ2v) is 10.9. The van der Waals surface area contributed by atoms with E-state index in [0.29, 0.717) is 27.9 Å². The number of hydrogen-bond acceptors (Lipinski definition) is 8. The standard InChI is InChI=1S/C31H26N4O6S/c1-19(2)20-8-12-22(13-9-20)32-27-28(31(38)34(30(27)37)18-25-6-4-16-41-25)42-26-7-3-5-23(17-26)33-29(36)21-10-14-24(15-11-21)35(39)40/h3-17,19,32H,18H2,1-2H3,(H,33,36). The van der Waals surface area contributed by atoms with Gasteiger partial charge in [-0.1, -0.05) is 43.8 Å². The molecule has 0 aliphatic carbocycles. The van der Waals surface area contributed by atoms with Gasteiger partial charge in [0, 0.05) is 34.0 Å². The van der Waals surface area contributed by atoms with Gasteiger partial charge in [-0.25, -0.2) is 0 Å². The van der Waals surface area contributed by atoms with Gasteiger partial charge in [-0.05, 0) is 66.1 Å². The second kappa shape index (κ2) is 12.1. The molecule has 2 heterocycles. The molecule has 1 aliphatic heterocycles. The maximum Gasteiger partial charge on any atom is 0.278 e. The lowest BCUT2D eigenvalue weighted by Gasteiger charge is -2.14. The van der Waals surface area contributed by atoms with Crippen LogP contribution in [0.4, 0.5) is 17.1 Å². The van der Waals surface area contributed by atoms with Gasteiger partial charge < -0.3 is 15.1 Å². The molecule has 0 atom stereocenters. The Bertz CT molecular complexity index is 1680. The van der Waals surface area contributed by atoms with E-state index in [1.807, 2.05) is 24.3 Å². The molecule has 11 heteroatoms. The van der Waals surface area contributed by atoms with Crippen molar-refractivity contribution in [3.8, 4) is 0 Å². The Kier molecular flexibility index (Phi) is 8.21. The minimum atomic E-state index is -0.536. The summed E-state index contributed by atoms with van der Waals surface area (Å²) in [5.74, 6) is -0.580. The normalized spacial score (nSPS) is 13.2. The molecular formula is C31H26N4O6S. The highest BCUT2D eigenvalue weighted by molar-refractivity contribution is 8.04. The highest BCUT2D eigenvalue weighted by Crippen LogP contribution is 2.37. The predicted molar refractivity (Wildman–Crippen MR) is 159 cm³/mol. The number of nitro benzene ring substituents is 1. The van der Waals surface area contributed by atoms with Crippen molar-refractivity contribution in [2.24, 2.45) is 0 Å². The highest BCUT2D eigenvalue weighted by atomic mass is 32.2. The van der Waals surface area contributed by atoms with Crippen LogP contribution in [0.1, 0.15) is 41.4 Å². The largest absolute Gasteiger partial charge is 0.467 e. The smallest absolute Gasteiger partial charge is 0.278 e. The molecule has 0 unspecified atom stereocenters. The summed E-state index contributed by atoms with van der Waals surface area (Å²) in [7, 11) is 0. The Morgan fingerprint density at radius 1 is 0.952 bits per heavy atom. The van der Waals surface area contributed by atoms with Gasteiger partial charge in [0.1, 0.15) is 16.4 Å². The van der Waals surface area contributed by atoms with Crippen LogP contribution in [0.25, 0.3) is 0 Å². The minimum Gasteiger partial charge on any atom is -0.467 e. The lowest BCUT2D eigenvalue weighted by molar-refractivity contribution is -0.384. The molecule has 2 N–H and O–H groups in total. The summed E-state index contributed by atoms with van der Waals surface area (Å²) < 4.78 is 5.38. The van der Waals surface area contributed by atoms with Gasteiger partial charge in [0.05, 0.1) is 17.7 Å². The van der Waals surface area contributed by atoms with E-state index in [0.717, 1.165) is 22.2 Å². The number of rotatable bonds is 10. The van der Waals surface area contributed by atoms with E-state index in [-0.39, 0.29) is 28.4 Å². The van der Waals surface area contributed by atoms with Crippen molar-refractivity contribution in [3.05, 3.63) is 129 Å². The fourth-order valence-electron chi connectivity index (χ4n) is 4.25. The highest BCUT2D eigenvalue weighted by Gasteiger charge is 2.39. The van der Waals surface area contributed by atoms with Crippen LogP contribution in [0, 0.1) is 10.1 Å². The van der Waals surface area contributed by atoms with Gasteiger partial charge in [-0.2, -0.15) is 0 Å². The van der Waals surface area contributed by atoms with Gasteiger partial charge in [0.15, 0.2) is 0 Å². The summed E-state index contributed by atoms with van der Waals surface area (Å²) in [5.41, 5.74) is 2.54. The van der Waals surface area contributed by atoms with Crippen molar-refractivity contribution >= 4 is 46.5 Å². The number of amides is 3. The molecule has 0 saturated carbocycles. The molecule has 0 bridgehead atoms. The number of nitrogens with one attached hydrogen (secondary N) is 2. The van der Waals surface area contributed by atoms with Crippen LogP contribution in [-0.4, -0.2) is 27.5 Å². The number of carbonyl (C=O) groups is 3. The Morgan fingerprint density at radius 2 is 1.69 bits per heavy atom. The Labute approximate surface area is 245 Å². The first kappa shape index (κ1) is 28.4. The molecule has 1 aliphatic rings. The van der Waals surface area contributed by atoms with Gasteiger partial charge in [-0.3, -0.25) is 29.4 Å². The van der Waals surface area contributed by atoms with Gasteiger partial charge in [0.2, 0.25) is 0 Å². The first-order chi connectivity index (χ1) is 20.2. The average Bonchev–Trinajstić information content (AvgIpc) is 3.57. The third-order valence-corrected chi connectivity index (χ3v) is 7.59. The van der Waals surface area contributed by atoms with Gasteiger partial charge in [-0.15, -0.1) is 0 Å². The predicted octanol–water partition coefficient (Wildman–Crippen LogP) is 6.55. The molecule has 10 nitrogen and oxygen atoms in total. The molecule has 5 rings (SSSR count). The number of anilines is 2. The van der Waals surface area contributed by atoms with E-state index in [2.05, 4.69) is 24.5 Å². The number of carbonyl (C=O) groups excluding carboxylic acids is 3. The SMILES string of the molecule is CC(C)c1ccc(NC2=C(Sc3cccc(NC(=O)c4ccc([N+](=O)[O-])cc4)c3)C(=O)N(Cc3ccco3)C2=O)cc1. The maximum absolute atomic E-state index is 13.5. The summed E-state index contributed by atoms with van der Waals surface area (Å²) in [4.78, 5) is 52.1. The topological polar surface area (TPSA) is 135 Å². The third-order valence-electron chi connectivity index (χ3n) is 6.52. The first-order valence-electron chi connectivity index (χ1n) is 13.0. The fraction of sp³-hybridized carbons (Fsp3) is 0.129. The van der Waals surface area contributed by atoms with E-state index >= 15 is 0 Å². The van der Waals surface area contributed by atoms with Crippen LogP contribution in [0.2, 0.25) is 0 Å². The van der Waals surface area contributed by atoms with Crippen molar-refractivity contribution in [2.75, 3.05) is 10.6 Å². The van der Waals surface area contributed by atoms with E-state index in [4.69, 9.17) is 4.42 Å². The third kappa shape index (κ3) is 6.26.